The highest BCUT2D eigenvalue weighted by molar-refractivity contribution is 5.80. The molecule has 0 bridgehead atoms. The highest BCUT2D eigenvalue weighted by Gasteiger charge is 2.35. The Morgan fingerprint density at radius 2 is 2.20 bits per heavy atom. The van der Waals surface area contributed by atoms with Gasteiger partial charge >= 0.3 is 5.97 Å². The van der Waals surface area contributed by atoms with Crippen LogP contribution in [0.3, 0.4) is 0 Å². The Kier molecular flexibility index (Phi) is 4.06. The second-order valence-corrected chi connectivity index (χ2v) is 3.47. The lowest BCUT2D eigenvalue weighted by Crippen LogP contribution is -2.44. The monoisotopic (exact) mass is 211 g/mol. The summed E-state index contributed by atoms with van der Waals surface area (Å²) in [4.78, 5) is 21.8. The number of amides is 1. The van der Waals surface area contributed by atoms with Crippen LogP contribution in [-0.4, -0.2) is 36.1 Å². The van der Waals surface area contributed by atoms with Crippen LogP contribution in [0.15, 0.2) is 0 Å². The second-order valence-electron chi connectivity index (χ2n) is 3.47. The number of carboxylic acids is 1. The Morgan fingerprint density at radius 1 is 1.53 bits per heavy atom. The maximum Gasteiger partial charge on any atom is 0.320 e. The largest absolute Gasteiger partial charge is 0.480 e. The summed E-state index contributed by atoms with van der Waals surface area (Å²) in [7, 11) is 0. The van der Waals surface area contributed by atoms with Gasteiger partial charge in [-0.3, -0.25) is 14.9 Å². The smallest absolute Gasteiger partial charge is 0.320 e. The summed E-state index contributed by atoms with van der Waals surface area (Å²) in [5.41, 5.74) is 0. The van der Waals surface area contributed by atoms with Crippen molar-refractivity contribution in [2.75, 3.05) is 13.1 Å². The zero-order chi connectivity index (χ0) is 11.3. The first-order valence-electron chi connectivity index (χ1n) is 4.75. The maximum absolute atomic E-state index is 11.1. The van der Waals surface area contributed by atoms with Crippen molar-refractivity contribution in [1.82, 2.24) is 10.6 Å². The average Bonchev–Trinajstić information content (AvgIpc) is 2.98. The normalized spacial score (nSPS) is 16.5. The molecule has 1 rings (SSSR count). The van der Waals surface area contributed by atoms with Crippen molar-refractivity contribution in [2.45, 2.75) is 18.9 Å². The molecule has 0 spiro atoms. The van der Waals surface area contributed by atoms with Gasteiger partial charge in [0, 0.05) is 0 Å². The van der Waals surface area contributed by atoms with Crippen molar-refractivity contribution in [1.29, 1.82) is 5.26 Å². The number of carbonyl (C=O) groups is 2. The summed E-state index contributed by atoms with van der Waals surface area (Å²) in [6.45, 7) is -0.114. The van der Waals surface area contributed by atoms with Gasteiger partial charge in [0.25, 0.3) is 0 Å². The lowest BCUT2D eigenvalue weighted by molar-refractivity contribution is -0.140. The Hall–Kier alpha value is -1.61. The fourth-order valence-electron chi connectivity index (χ4n) is 1.29. The van der Waals surface area contributed by atoms with Crippen LogP contribution in [0.5, 0.6) is 0 Å². The number of hydrogen-bond acceptors (Lipinski definition) is 4. The van der Waals surface area contributed by atoms with E-state index in [1.807, 2.05) is 0 Å². The number of carbonyl (C=O) groups excluding carboxylic acids is 1. The van der Waals surface area contributed by atoms with Crippen LogP contribution >= 0.6 is 0 Å². The summed E-state index contributed by atoms with van der Waals surface area (Å²) >= 11 is 0. The van der Waals surface area contributed by atoms with Crippen molar-refractivity contribution in [3.63, 3.8) is 0 Å². The quantitative estimate of drug-likeness (QED) is 0.493. The van der Waals surface area contributed by atoms with Crippen molar-refractivity contribution in [2.24, 2.45) is 5.92 Å². The number of nitrogens with one attached hydrogen (secondary N) is 2. The average molecular weight is 211 g/mol. The van der Waals surface area contributed by atoms with Gasteiger partial charge in [0.1, 0.15) is 12.6 Å². The highest BCUT2D eigenvalue weighted by atomic mass is 16.4. The molecule has 6 nitrogen and oxygen atoms in total. The number of aliphatic carboxylic acids is 1. The van der Waals surface area contributed by atoms with E-state index in [0.717, 1.165) is 12.8 Å². The number of rotatable bonds is 6. The summed E-state index contributed by atoms with van der Waals surface area (Å²) in [6, 6.07) is 1.13. The van der Waals surface area contributed by atoms with Crippen LogP contribution in [0.25, 0.3) is 0 Å². The van der Waals surface area contributed by atoms with Gasteiger partial charge in [-0.25, -0.2) is 0 Å². The Labute approximate surface area is 87.3 Å². The van der Waals surface area contributed by atoms with E-state index in [0.29, 0.717) is 0 Å². The predicted octanol–water partition coefficient (Wildman–Crippen LogP) is -0.921. The molecular formula is C9H13N3O3. The molecule has 3 N–H and O–H groups in total. The van der Waals surface area contributed by atoms with Gasteiger partial charge in [-0.15, -0.1) is 0 Å². The van der Waals surface area contributed by atoms with Crippen LogP contribution in [0.4, 0.5) is 0 Å². The lowest BCUT2D eigenvalue weighted by Gasteiger charge is -2.12. The van der Waals surface area contributed by atoms with E-state index in [1.165, 1.54) is 0 Å². The molecule has 0 radical (unpaired) electrons. The first-order valence-corrected chi connectivity index (χ1v) is 4.75. The predicted molar refractivity (Wildman–Crippen MR) is 50.8 cm³/mol. The molecular weight excluding hydrogens is 198 g/mol. The van der Waals surface area contributed by atoms with E-state index in [4.69, 9.17) is 10.4 Å². The van der Waals surface area contributed by atoms with E-state index in [9.17, 15) is 9.59 Å². The molecule has 15 heavy (non-hydrogen) atoms. The van der Waals surface area contributed by atoms with E-state index in [-0.39, 0.29) is 24.9 Å². The minimum Gasteiger partial charge on any atom is -0.480 e. The van der Waals surface area contributed by atoms with Crippen molar-refractivity contribution in [3.8, 4) is 6.07 Å². The first kappa shape index (κ1) is 11.5. The summed E-state index contributed by atoms with van der Waals surface area (Å²) in [5, 5.41) is 22.0. The fourth-order valence-corrected chi connectivity index (χ4v) is 1.29. The fraction of sp³-hybridized carbons (Fsp3) is 0.667. The first-order chi connectivity index (χ1) is 7.15. The van der Waals surface area contributed by atoms with Crippen LogP contribution < -0.4 is 10.6 Å². The highest BCUT2D eigenvalue weighted by Crippen LogP contribution is 2.32. The molecule has 0 aromatic carbocycles. The van der Waals surface area contributed by atoms with E-state index in [1.54, 1.807) is 6.07 Å². The Morgan fingerprint density at radius 3 is 2.67 bits per heavy atom. The lowest BCUT2D eigenvalue weighted by atomic mass is 10.2. The van der Waals surface area contributed by atoms with E-state index < -0.39 is 12.0 Å². The van der Waals surface area contributed by atoms with Gasteiger partial charge in [0.2, 0.25) is 5.91 Å². The molecule has 1 fully saturated rings. The molecule has 82 valence electrons. The molecule has 1 unspecified atom stereocenters. The molecule has 1 atom stereocenters. The van der Waals surface area contributed by atoms with Crippen molar-refractivity contribution in [3.05, 3.63) is 0 Å². The number of nitriles is 1. The van der Waals surface area contributed by atoms with Gasteiger partial charge in [0.15, 0.2) is 0 Å². The van der Waals surface area contributed by atoms with E-state index in [2.05, 4.69) is 10.6 Å². The SMILES string of the molecule is N#CCNC(=O)CNC(C(=O)O)C1CC1. The van der Waals surface area contributed by atoms with Gasteiger partial charge < -0.3 is 10.4 Å². The minimum absolute atomic E-state index is 0.0539. The van der Waals surface area contributed by atoms with Crippen molar-refractivity contribution >= 4 is 11.9 Å². The third-order valence-corrected chi connectivity index (χ3v) is 2.21. The third-order valence-electron chi connectivity index (χ3n) is 2.21. The van der Waals surface area contributed by atoms with Gasteiger partial charge in [-0.1, -0.05) is 0 Å². The topological polar surface area (TPSA) is 102 Å². The van der Waals surface area contributed by atoms with Crippen LogP contribution in [-0.2, 0) is 9.59 Å². The van der Waals surface area contributed by atoms with Crippen LogP contribution in [0, 0.1) is 17.2 Å². The molecule has 1 aliphatic carbocycles. The summed E-state index contributed by atoms with van der Waals surface area (Å²) in [5.74, 6) is -1.14. The van der Waals surface area contributed by atoms with Crippen LogP contribution in [0.2, 0.25) is 0 Å². The van der Waals surface area contributed by atoms with Gasteiger partial charge in [0.05, 0.1) is 12.6 Å². The van der Waals surface area contributed by atoms with Crippen LogP contribution in [0.1, 0.15) is 12.8 Å². The molecule has 6 heteroatoms. The standard InChI is InChI=1S/C9H13N3O3/c10-3-4-11-7(13)5-12-8(9(14)15)6-1-2-6/h6,8,12H,1-2,4-5H2,(H,11,13)(H,14,15). The van der Waals surface area contributed by atoms with E-state index >= 15 is 0 Å². The summed E-state index contributed by atoms with van der Waals surface area (Å²) in [6.07, 6.45) is 1.79. The molecule has 0 heterocycles. The van der Waals surface area contributed by atoms with Gasteiger partial charge in [-0.2, -0.15) is 5.26 Å². The zero-order valence-electron chi connectivity index (χ0n) is 8.19. The molecule has 1 aliphatic rings. The number of hydrogen-bond donors (Lipinski definition) is 3. The zero-order valence-corrected chi connectivity index (χ0v) is 8.19. The van der Waals surface area contributed by atoms with Crippen molar-refractivity contribution < 1.29 is 14.7 Å². The summed E-state index contributed by atoms with van der Waals surface area (Å²) < 4.78 is 0. The molecule has 1 saturated carbocycles. The molecule has 0 saturated heterocycles. The number of carboxylic acid groups (broad SMARTS) is 1. The molecule has 0 aliphatic heterocycles. The van der Waals surface area contributed by atoms with Gasteiger partial charge in [-0.05, 0) is 18.8 Å². The second kappa shape index (κ2) is 5.32. The Bertz CT molecular complexity index is 293. The maximum atomic E-state index is 11.1. The Balaban J connectivity index is 2.24. The molecule has 0 aromatic heterocycles. The minimum atomic E-state index is -0.925. The number of nitrogens with zero attached hydrogens (tertiary/aromatic N) is 1. The molecule has 0 aromatic rings. The third kappa shape index (κ3) is 3.95. The molecule has 1 amide bonds.